The number of carboxylic acid groups (broad SMARTS) is 1. The van der Waals surface area contributed by atoms with Gasteiger partial charge in [0, 0.05) is 5.02 Å². The summed E-state index contributed by atoms with van der Waals surface area (Å²) in [5, 5.41) is 8.97. The van der Waals surface area contributed by atoms with Crippen LogP contribution in [0.2, 0.25) is 5.02 Å². The first-order valence-corrected chi connectivity index (χ1v) is 4.55. The molecular weight excluding hydrogens is 207 g/mol. The lowest BCUT2D eigenvalue weighted by Gasteiger charge is -2.10. The van der Waals surface area contributed by atoms with Crippen molar-refractivity contribution in [1.29, 1.82) is 0 Å². The average Bonchev–Trinajstić information content (AvgIpc) is 2.08. The minimum Gasteiger partial charge on any atom is -0.481 e. The second-order valence-electron chi connectivity index (χ2n) is 3.16. The molecule has 1 atom stereocenters. The summed E-state index contributed by atoms with van der Waals surface area (Å²) in [7, 11) is 0. The summed E-state index contributed by atoms with van der Waals surface area (Å²) < 4.78 is 12.8. The second-order valence-corrected chi connectivity index (χ2v) is 3.57. The van der Waals surface area contributed by atoms with Gasteiger partial charge in [0.1, 0.15) is 5.82 Å². The van der Waals surface area contributed by atoms with Crippen molar-refractivity contribution in [2.24, 2.45) is 0 Å². The third kappa shape index (κ3) is 2.70. The molecule has 76 valence electrons. The van der Waals surface area contributed by atoms with Gasteiger partial charge in [-0.05, 0) is 29.7 Å². The Labute approximate surface area is 86.3 Å². The van der Waals surface area contributed by atoms with Crippen molar-refractivity contribution in [3.8, 4) is 0 Å². The third-order valence-electron chi connectivity index (χ3n) is 1.97. The van der Waals surface area contributed by atoms with E-state index < -0.39 is 11.8 Å². The second kappa shape index (κ2) is 4.42. The van der Waals surface area contributed by atoms with Crippen LogP contribution in [0.3, 0.4) is 0 Å². The third-order valence-corrected chi connectivity index (χ3v) is 2.31. The highest BCUT2D eigenvalue weighted by Crippen LogP contribution is 2.27. The maximum atomic E-state index is 12.8. The predicted molar refractivity (Wildman–Crippen MR) is 52.1 cm³/mol. The largest absolute Gasteiger partial charge is 0.481 e. The van der Waals surface area contributed by atoms with Crippen LogP contribution in [0.15, 0.2) is 18.2 Å². The number of carboxylic acids is 1. The van der Waals surface area contributed by atoms with Gasteiger partial charge < -0.3 is 5.11 Å². The SMILES string of the molecule is CC(CC(=O)O)c1cc(F)ccc1Cl. The lowest BCUT2D eigenvalue weighted by Crippen LogP contribution is -2.03. The fraction of sp³-hybridized carbons (Fsp3) is 0.300. The molecule has 1 unspecified atom stereocenters. The number of carbonyl (C=O) groups is 1. The Balaban J connectivity index is 2.93. The Morgan fingerprint density at radius 3 is 2.86 bits per heavy atom. The zero-order valence-corrected chi connectivity index (χ0v) is 8.38. The van der Waals surface area contributed by atoms with Crippen LogP contribution in [0.25, 0.3) is 0 Å². The number of hydrogen-bond acceptors (Lipinski definition) is 1. The number of halogens is 2. The van der Waals surface area contributed by atoms with Crippen LogP contribution in [0.1, 0.15) is 24.8 Å². The molecule has 1 rings (SSSR count). The minimum atomic E-state index is -0.919. The van der Waals surface area contributed by atoms with E-state index in [1.165, 1.54) is 18.2 Å². The summed E-state index contributed by atoms with van der Waals surface area (Å²) >= 11 is 5.81. The molecule has 0 saturated heterocycles. The van der Waals surface area contributed by atoms with Crippen molar-refractivity contribution >= 4 is 17.6 Å². The number of benzene rings is 1. The lowest BCUT2D eigenvalue weighted by molar-refractivity contribution is -0.137. The molecule has 0 bridgehead atoms. The first-order valence-electron chi connectivity index (χ1n) is 4.17. The van der Waals surface area contributed by atoms with Gasteiger partial charge in [0.2, 0.25) is 0 Å². The summed E-state index contributed by atoms with van der Waals surface area (Å²) in [4.78, 5) is 10.4. The number of aliphatic carboxylic acids is 1. The Kier molecular flexibility index (Phi) is 3.47. The molecule has 0 aliphatic carbocycles. The summed E-state index contributed by atoms with van der Waals surface area (Å²) in [6.07, 6.45) is -0.0524. The summed E-state index contributed by atoms with van der Waals surface area (Å²) in [5.74, 6) is -1.60. The molecular formula is C10H10ClFO2. The summed E-state index contributed by atoms with van der Waals surface area (Å²) in [6.45, 7) is 1.70. The van der Waals surface area contributed by atoms with Crippen LogP contribution in [0, 0.1) is 5.82 Å². The number of rotatable bonds is 3. The molecule has 0 spiro atoms. The molecule has 1 aromatic carbocycles. The highest BCUT2D eigenvalue weighted by molar-refractivity contribution is 6.31. The molecule has 1 N–H and O–H groups in total. The smallest absolute Gasteiger partial charge is 0.303 e. The van der Waals surface area contributed by atoms with Crippen LogP contribution >= 0.6 is 11.6 Å². The van der Waals surface area contributed by atoms with E-state index in [-0.39, 0.29) is 12.3 Å². The zero-order chi connectivity index (χ0) is 10.7. The van der Waals surface area contributed by atoms with Crippen molar-refractivity contribution in [2.45, 2.75) is 19.3 Å². The number of hydrogen-bond donors (Lipinski definition) is 1. The highest BCUT2D eigenvalue weighted by Gasteiger charge is 2.13. The molecule has 0 aliphatic rings. The van der Waals surface area contributed by atoms with Crippen LogP contribution in [-0.2, 0) is 4.79 Å². The van der Waals surface area contributed by atoms with Crippen molar-refractivity contribution in [3.05, 3.63) is 34.6 Å². The molecule has 0 fully saturated rings. The topological polar surface area (TPSA) is 37.3 Å². The first-order chi connectivity index (χ1) is 6.50. The van der Waals surface area contributed by atoms with Gasteiger partial charge in [-0.1, -0.05) is 18.5 Å². The van der Waals surface area contributed by atoms with E-state index in [2.05, 4.69) is 0 Å². The van der Waals surface area contributed by atoms with Crippen LogP contribution < -0.4 is 0 Å². The molecule has 0 heterocycles. The molecule has 0 radical (unpaired) electrons. The van der Waals surface area contributed by atoms with Gasteiger partial charge in [-0.2, -0.15) is 0 Å². The Hall–Kier alpha value is -1.09. The van der Waals surface area contributed by atoms with Crippen LogP contribution in [0.4, 0.5) is 4.39 Å². The Morgan fingerprint density at radius 1 is 1.64 bits per heavy atom. The monoisotopic (exact) mass is 216 g/mol. The van der Waals surface area contributed by atoms with Gasteiger partial charge in [0.15, 0.2) is 0 Å². The maximum Gasteiger partial charge on any atom is 0.303 e. The van der Waals surface area contributed by atoms with Gasteiger partial charge in [-0.15, -0.1) is 0 Å². The standard InChI is InChI=1S/C10H10ClFO2/c1-6(4-10(13)14)8-5-7(12)2-3-9(8)11/h2-3,5-6H,4H2,1H3,(H,13,14). The van der Waals surface area contributed by atoms with Crippen LogP contribution in [0.5, 0.6) is 0 Å². The van der Waals surface area contributed by atoms with Gasteiger partial charge in [-0.3, -0.25) is 4.79 Å². The van der Waals surface area contributed by atoms with Gasteiger partial charge in [0.25, 0.3) is 0 Å². The zero-order valence-electron chi connectivity index (χ0n) is 7.63. The average molecular weight is 217 g/mol. The van der Waals surface area contributed by atoms with Gasteiger partial charge in [0.05, 0.1) is 6.42 Å². The van der Waals surface area contributed by atoms with Crippen molar-refractivity contribution in [1.82, 2.24) is 0 Å². The molecule has 2 nitrogen and oxygen atoms in total. The van der Waals surface area contributed by atoms with E-state index in [0.717, 1.165) is 0 Å². The molecule has 0 saturated carbocycles. The van der Waals surface area contributed by atoms with E-state index in [1.54, 1.807) is 6.92 Å². The fourth-order valence-corrected chi connectivity index (χ4v) is 1.57. The summed E-state index contributed by atoms with van der Waals surface area (Å²) in [5.41, 5.74) is 0.536. The van der Waals surface area contributed by atoms with Crippen molar-refractivity contribution in [2.75, 3.05) is 0 Å². The van der Waals surface area contributed by atoms with E-state index in [9.17, 15) is 9.18 Å². The van der Waals surface area contributed by atoms with E-state index in [4.69, 9.17) is 16.7 Å². The highest BCUT2D eigenvalue weighted by atomic mass is 35.5. The van der Waals surface area contributed by atoms with E-state index in [1.807, 2.05) is 0 Å². The van der Waals surface area contributed by atoms with Crippen LogP contribution in [-0.4, -0.2) is 11.1 Å². The molecule has 0 aromatic heterocycles. The van der Waals surface area contributed by atoms with E-state index in [0.29, 0.717) is 10.6 Å². The normalized spacial score (nSPS) is 12.5. The molecule has 0 aliphatic heterocycles. The maximum absolute atomic E-state index is 12.8. The summed E-state index contributed by atoms with van der Waals surface area (Å²) in [6, 6.07) is 3.96. The Morgan fingerprint density at radius 2 is 2.29 bits per heavy atom. The minimum absolute atomic E-state index is 0.0524. The first kappa shape index (κ1) is 11.0. The fourth-order valence-electron chi connectivity index (χ4n) is 1.26. The quantitative estimate of drug-likeness (QED) is 0.843. The molecule has 14 heavy (non-hydrogen) atoms. The molecule has 1 aromatic rings. The van der Waals surface area contributed by atoms with Crippen molar-refractivity contribution in [3.63, 3.8) is 0 Å². The lowest BCUT2D eigenvalue weighted by atomic mass is 9.98. The van der Waals surface area contributed by atoms with Gasteiger partial charge in [-0.25, -0.2) is 4.39 Å². The van der Waals surface area contributed by atoms with Crippen molar-refractivity contribution < 1.29 is 14.3 Å². The van der Waals surface area contributed by atoms with E-state index >= 15 is 0 Å². The molecule has 4 heteroatoms. The van der Waals surface area contributed by atoms with Gasteiger partial charge >= 0.3 is 5.97 Å². The predicted octanol–water partition coefficient (Wildman–Crippen LogP) is 3.06. The molecule has 0 amide bonds. The Bertz CT molecular complexity index is 352.